The molecule has 0 atom stereocenters. The Morgan fingerprint density at radius 1 is 1.35 bits per heavy atom. The lowest BCUT2D eigenvalue weighted by atomic mass is 10.1. The number of aromatic amines is 1. The van der Waals surface area contributed by atoms with Crippen molar-refractivity contribution in [3.8, 4) is 0 Å². The first-order chi connectivity index (χ1) is 9.86. The van der Waals surface area contributed by atoms with Gasteiger partial charge in [0.15, 0.2) is 5.65 Å². The van der Waals surface area contributed by atoms with E-state index >= 15 is 0 Å². The summed E-state index contributed by atoms with van der Waals surface area (Å²) in [6.07, 6.45) is 5.21. The van der Waals surface area contributed by atoms with Crippen LogP contribution in [0, 0.1) is 0 Å². The van der Waals surface area contributed by atoms with Gasteiger partial charge in [0.2, 0.25) is 5.95 Å². The molecule has 0 spiro atoms. The number of thioether (sulfide) groups is 1. The standard InChI is InChI=1S/C13H20N6S/c1-2-5-14-13-17-11(10-8-15-19-12(10)18-13)16-9-3-6-20-7-4-9/h8-9H,2-7H2,1H3,(H3,14,15,16,17,18,19). The van der Waals surface area contributed by atoms with Gasteiger partial charge in [0, 0.05) is 12.6 Å². The lowest BCUT2D eigenvalue weighted by Crippen LogP contribution is -2.25. The highest BCUT2D eigenvalue weighted by Gasteiger charge is 2.16. The van der Waals surface area contributed by atoms with E-state index in [9.17, 15) is 0 Å². The van der Waals surface area contributed by atoms with E-state index in [1.807, 2.05) is 11.8 Å². The Bertz CT molecular complexity index is 563. The number of fused-ring (bicyclic) bond motifs is 1. The average molecular weight is 292 g/mol. The zero-order chi connectivity index (χ0) is 13.8. The Balaban J connectivity index is 1.84. The molecule has 1 aliphatic heterocycles. The van der Waals surface area contributed by atoms with E-state index in [2.05, 4.69) is 37.7 Å². The van der Waals surface area contributed by atoms with Crippen molar-refractivity contribution in [3.63, 3.8) is 0 Å². The van der Waals surface area contributed by atoms with Crippen molar-refractivity contribution in [2.45, 2.75) is 32.2 Å². The van der Waals surface area contributed by atoms with E-state index in [0.29, 0.717) is 12.0 Å². The molecule has 1 aliphatic rings. The topological polar surface area (TPSA) is 78.5 Å². The molecule has 2 aromatic rings. The lowest BCUT2D eigenvalue weighted by molar-refractivity contribution is 0.664. The van der Waals surface area contributed by atoms with Crippen LogP contribution in [0.2, 0.25) is 0 Å². The smallest absolute Gasteiger partial charge is 0.226 e. The van der Waals surface area contributed by atoms with E-state index in [1.165, 1.54) is 24.3 Å². The van der Waals surface area contributed by atoms with Crippen LogP contribution in [0.25, 0.3) is 11.0 Å². The van der Waals surface area contributed by atoms with Crippen molar-refractivity contribution in [2.75, 3.05) is 28.7 Å². The Hall–Kier alpha value is -1.50. The first kappa shape index (κ1) is 13.5. The second-order valence-corrected chi connectivity index (χ2v) is 6.21. The highest BCUT2D eigenvalue weighted by Crippen LogP contribution is 2.25. The van der Waals surface area contributed by atoms with Crippen LogP contribution < -0.4 is 10.6 Å². The molecular weight excluding hydrogens is 272 g/mol. The molecule has 6 nitrogen and oxygen atoms in total. The molecule has 108 valence electrons. The zero-order valence-corrected chi connectivity index (χ0v) is 12.5. The van der Waals surface area contributed by atoms with Gasteiger partial charge in [-0.3, -0.25) is 5.10 Å². The molecular formula is C13H20N6S. The quantitative estimate of drug-likeness (QED) is 0.786. The van der Waals surface area contributed by atoms with E-state index < -0.39 is 0 Å². The average Bonchev–Trinajstić information content (AvgIpc) is 2.95. The van der Waals surface area contributed by atoms with Crippen molar-refractivity contribution in [1.29, 1.82) is 0 Å². The third-order valence-corrected chi connectivity index (χ3v) is 4.45. The summed E-state index contributed by atoms with van der Waals surface area (Å²) >= 11 is 2.03. The molecule has 0 amide bonds. The first-order valence-electron chi connectivity index (χ1n) is 7.16. The van der Waals surface area contributed by atoms with Gasteiger partial charge >= 0.3 is 0 Å². The molecule has 0 aromatic carbocycles. The largest absolute Gasteiger partial charge is 0.367 e. The number of anilines is 2. The van der Waals surface area contributed by atoms with Crippen molar-refractivity contribution in [2.24, 2.45) is 0 Å². The van der Waals surface area contributed by atoms with E-state index in [1.54, 1.807) is 6.20 Å². The molecule has 0 bridgehead atoms. The summed E-state index contributed by atoms with van der Waals surface area (Å²) in [4.78, 5) is 9.05. The summed E-state index contributed by atoms with van der Waals surface area (Å²) in [6.45, 7) is 3.00. The van der Waals surface area contributed by atoms with Gasteiger partial charge < -0.3 is 10.6 Å². The molecule has 0 unspecified atom stereocenters. The molecule has 3 heterocycles. The van der Waals surface area contributed by atoms with Crippen LogP contribution in [0.1, 0.15) is 26.2 Å². The molecule has 20 heavy (non-hydrogen) atoms. The first-order valence-corrected chi connectivity index (χ1v) is 8.31. The highest BCUT2D eigenvalue weighted by molar-refractivity contribution is 7.99. The van der Waals surface area contributed by atoms with Crippen molar-refractivity contribution < 1.29 is 0 Å². The summed E-state index contributed by atoms with van der Waals surface area (Å²) in [5.74, 6) is 3.99. The lowest BCUT2D eigenvalue weighted by Gasteiger charge is -2.23. The maximum absolute atomic E-state index is 4.60. The van der Waals surface area contributed by atoms with E-state index in [4.69, 9.17) is 0 Å². The molecule has 0 aliphatic carbocycles. The van der Waals surface area contributed by atoms with Crippen molar-refractivity contribution in [1.82, 2.24) is 20.2 Å². The molecule has 1 saturated heterocycles. The van der Waals surface area contributed by atoms with Gasteiger partial charge in [-0.15, -0.1) is 0 Å². The molecule has 3 N–H and O–H groups in total. The Kier molecular flexibility index (Phi) is 4.25. The Morgan fingerprint density at radius 2 is 2.20 bits per heavy atom. The number of aromatic nitrogens is 4. The van der Waals surface area contributed by atoms with Gasteiger partial charge in [-0.05, 0) is 30.8 Å². The summed E-state index contributed by atoms with van der Waals surface area (Å²) < 4.78 is 0. The van der Waals surface area contributed by atoms with Gasteiger partial charge in [0.25, 0.3) is 0 Å². The monoisotopic (exact) mass is 292 g/mol. The molecule has 2 aromatic heterocycles. The molecule has 3 rings (SSSR count). The van der Waals surface area contributed by atoms with E-state index in [0.717, 1.165) is 29.8 Å². The fraction of sp³-hybridized carbons (Fsp3) is 0.615. The van der Waals surface area contributed by atoms with Crippen LogP contribution >= 0.6 is 11.8 Å². The molecule has 0 radical (unpaired) electrons. The Morgan fingerprint density at radius 3 is 3.00 bits per heavy atom. The molecule has 0 saturated carbocycles. The van der Waals surface area contributed by atoms with Crippen LogP contribution in [0.4, 0.5) is 11.8 Å². The Labute approximate surface area is 122 Å². The number of hydrogen-bond acceptors (Lipinski definition) is 6. The summed E-state index contributed by atoms with van der Waals surface area (Å²) in [7, 11) is 0. The maximum Gasteiger partial charge on any atom is 0.226 e. The minimum absolute atomic E-state index is 0.503. The third kappa shape index (κ3) is 2.98. The van der Waals surface area contributed by atoms with Gasteiger partial charge in [0.1, 0.15) is 5.82 Å². The summed E-state index contributed by atoms with van der Waals surface area (Å²) in [5, 5.41) is 14.8. The van der Waals surface area contributed by atoms with Crippen molar-refractivity contribution in [3.05, 3.63) is 6.20 Å². The van der Waals surface area contributed by atoms with Crippen LogP contribution in [0.3, 0.4) is 0 Å². The fourth-order valence-corrected chi connectivity index (χ4v) is 3.40. The number of nitrogens with one attached hydrogen (secondary N) is 3. The number of rotatable bonds is 5. The van der Waals surface area contributed by atoms with E-state index in [-0.39, 0.29) is 0 Å². The number of H-pyrrole nitrogens is 1. The van der Waals surface area contributed by atoms with Crippen LogP contribution in [-0.2, 0) is 0 Å². The minimum atomic E-state index is 0.503. The zero-order valence-electron chi connectivity index (χ0n) is 11.6. The minimum Gasteiger partial charge on any atom is -0.367 e. The summed E-state index contributed by atoms with van der Waals surface area (Å²) in [5.41, 5.74) is 0.784. The van der Waals surface area contributed by atoms with Crippen molar-refractivity contribution >= 4 is 34.6 Å². The SMILES string of the molecule is CCCNc1nc(NC2CCSCC2)c2cn[nH]c2n1. The highest BCUT2D eigenvalue weighted by atomic mass is 32.2. The summed E-state index contributed by atoms with van der Waals surface area (Å²) in [6, 6.07) is 0.503. The predicted molar refractivity (Wildman–Crippen MR) is 84.4 cm³/mol. The van der Waals surface area contributed by atoms with Crippen LogP contribution in [0.15, 0.2) is 6.20 Å². The second kappa shape index (κ2) is 6.30. The predicted octanol–water partition coefficient (Wildman–Crippen LogP) is 2.48. The van der Waals surface area contributed by atoms with Crippen LogP contribution in [0.5, 0.6) is 0 Å². The second-order valence-electron chi connectivity index (χ2n) is 4.99. The van der Waals surface area contributed by atoms with Gasteiger partial charge in [-0.2, -0.15) is 26.8 Å². The third-order valence-electron chi connectivity index (χ3n) is 3.41. The fourth-order valence-electron chi connectivity index (χ4n) is 2.30. The van der Waals surface area contributed by atoms with Gasteiger partial charge in [0.05, 0.1) is 11.6 Å². The molecule has 7 heteroatoms. The normalized spacial score (nSPS) is 16.4. The number of hydrogen-bond donors (Lipinski definition) is 3. The number of nitrogens with zero attached hydrogens (tertiary/aromatic N) is 3. The molecule has 1 fully saturated rings. The van der Waals surface area contributed by atoms with Crippen LogP contribution in [-0.4, -0.2) is 44.3 Å². The maximum atomic E-state index is 4.60. The van der Waals surface area contributed by atoms with Gasteiger partial charge in [-0.25, -0.2) is 0 Å². The van der Waals surface area contributed by atoms with Gasteiger partial charge in [-0.1, -0.05) is 6.92 Å².